The predicted molar refractivity (Wildman–Crippen MR) is 111 cm³/mol. The lowest BCUT2D eigenvalue weighted by molar-refractivity contribution is 0.509. The van der Waals surface area contributed by atoms with Gasteiger partial charge in [0.2, 0.25) is 0 Å². The van der Waals surface area contributed by atoms with E-state index in [1.165, 1.54) is 10.4 Å². The molecule has 142 valence electrons. The van der Waals surface area contributed by atoms with E-state index in [9.17, 15) is 4.79 Å². The summed E-state index contributed by atoms with van der Waals surface area (Å²) >= 11 is 3.23. The zero-order valence-electron chi connectivity index (χ0n) is 15.8. The molecule has 6 nitrogen and oxygen atoms in total. The van der Waals surface area contributed by atoms with E-state index in [1.807, 2.05) is 24.5 Å². The van der Waals surface area contributed by atoms with E-state index in [4.69, 9.17) is 4.98 Å². The maximum absolute atomic E-state index is 12.8. The van der Waals surface area contributed by atoms with Crippen LogP contribution in [0.4, 0.5) is 0 Å². The predicted octanol–water partition coefficient (Wildman–Crippen LogP) is 4.05. The molecule has 3 aromatic heterocycles. The number of fused-ring (bicyclic) bond motifs is 3. The average molecular weight is 402 g/mol. The van der Waals surface area contributed by atoms with Gasteiger partial charge < -0.3 is 9.55 Å². The number of aryl methyl sites for hydroxylation is 2. The van der Waals surface area contributed by atoms with E-state index in [0.717, 1.165) is 40.5 Å². The molecule has 8 heteroatoms. The highest BCUT2D eigenvalue weighted by atomic mass is 32.2. The smallest absolute Gasteiger partial charge is 0.259 e. The van der Waals surface area contributed by atoms with Gasteiger partial charge in [-0.1, -0.05) is 24.8 Å². The van der Waals surface area contributed by atoms with Gasteiger partial charge in [0.05, 0.1) is 10.6 Å². The van der Waals surface area contributed by atoms with Crippen molar-refractivity contribution in [2.45, 2.75) is 57.0 Å². The van der Waals surface area contributed by atoms with E-state index in [1.54, 1.807) is 23.1 Å². The van der Waals surface area contributed by atoms with Crippen LogP contribution in [0, 0.1) is 12.8 Å². The van der Waals surface area contributed by atoms with Crippen molar-refractivity contribution in [3.8, 4) is 0 Å². The summed E-state index contributed by atoms with van der Waals surface area (Å²) in [6, 6.07) is 0. The van der Waals surface area contributed by atoms with Gasteiger partial charge in [0.15, 0.2) is 5.16 Å². The second kappa shape index (κ2) is 7.24. The van der Waals surface area contributed by atoms with Crippen molar-refractivity contribution < 1.29 is 0 Å². The number of hydrogen-bond acceptors (Lipinski definition) is 6. The normalized spacial score (nSPS) is 17.8. The first-order valence-electron chi connectivity index (χ1n) is 9.19. The Morgan fingerprint density at radius 3 is 3.07 bits per heavy atom. The number of aromatic amines is 1. The monoisotopic (exact) mass is 401 g/mol. The molecule has 4 rings (SSSR count). The Morgan fingerprint density at radius 2 is 2.30 bits per heavy atom. The minimum Gasteiger partial charge on any atom is -0.309 e. The van der Waals surface area contributed by atoms with Crippen LogP contribution in [-0.2, 0) is 19.4 Å². The molecule has 3 aromatic rings. The molecule has 1 N–H and O–H groups in total. The Hall–Kier alpha value is -1.93. The van der Waals surface area contributed by atoms with Gasteiger partial charge in [0.25, 0.3) is 5.56 Å². The topological polar surface area (TPSA) is 76.5 Å². The van der Waals surface area contributed by atoms with E-state index < -0.39 is 0 Å². The number of nitrogens with one attached hydrogen (secondary N) is 1. The molecule has 27 heavy (non-hydrogen) atoms. The number of nitrogens with zero attached hydrogens (tertiary/aromatic N) is 4. The quantitative estimate of drug-likeness (QED) is 0.516. The summed E-state index contributed by atoms with van der Waals surface area (Å²) in [6.45, 7) is 10.7. The molecule has 0 spiro atoms. The van der Waals surface area contributed by atoms with Crippen molar-refractivity contribution in [3.63, 3.8) is 0 Å². The summed E-state index contributed by atoms with van der Waals surface area (Å²) < 4.78 is 2.01. The molecular weight excluding hydrogens is 378 g/mol. The molecule has 0 unspecified atom stereocenters. The maximum Gasteiger partial charge on any atom is 0.259 e. The minimum absolute atomic E-state index is 0.0155. The lowest BCUT2D eigenvalue weighted by Gasteiger charge is -2.17. The standard InChI is InChI=1S/C19H23N5OS2/c1-5-8-24-12(4)22-23-19(24)26-11(3)16-20-17(25)15-13-7-6-10(2)9-14(13)27-18(15)21-16/h5,10-11H,1,6-9H2,2-4H3,(H,20,21,25)/t10-,11-/m0/s1. The van der Waals surface area contributed by atoms with Crippen molar-refractivity contribution in [2.75, 3.05) is 0 Å². The first-order chi connectivity index (χ1) is 13.0. The van der Waals surface area contributed by atoms with Crippen LogP contribution in [0.15, 0.2) is 22.6 Å². The Morgan fingerprint density at radius 1 is 1.48 bits per heavy atom. The third-order valence-electron chi connectivity index (χ3n) is 5.06. The molecule has 0 aromatic carbocycles. The van der Waals surface area contributed by atoms with Crippen LogP contribution in [0.2, 0.25) is 0 Å². The summed E-state index contributed by atoms with van der Waals surface area (Å²) in [4.78, 5) is 22.8. The van der Waals surface area contributed by atoms with E-state index in [0.29, 0.717) is 18.3 Å². The second-order valence-electron chi connectivity index (χ2n) is 7.17. The fraction of sp³-hybridized carbons (Fsp3) is 0.474. The molecule has 1 aliphatic rings. The number of thioether (sulfide) groups is 1. The number of hydrogen-bond donors (Lipinski definition) is 1. The molecule has 1 aliphatic carbocycles. The van der Waals surface area contributed by atoms with Crippen molar-refractivity contribution in [1.82, 2.24) is 24.7 Å². The summed E-state index contributed by atoms with van der Waals surface area (Å²) in [5.74, 6) is 2.22. The van der Waals surface area contributed by atoms with Crippen LogP contribution in [-0.4, -0.2) is 24.7 Å². The van der Waals surface area contributed by atoms with Gasteiger partial charge in [-0.05, 0) is 44.6 Å². The largest absolute Gasteiger partial charge is 0.309 e. The number of thiophene rings is 1. The van der Waals surface area contributed by atoms with Gasteiger partial charge in [-0.3, -0.25) is 4.79 Å². The number of rotatable bonds is 5. The van der Waals surface area contributed by atoms with Gasteiger partial charge in [-0.15, -0.1) is 28.1 Å². The number of allylic oxidation sites excluding steroid dienone is 1. The van der Waals surface area contributed by atoms with E-state index >= 15 is 0 Å². The lowest BCUT2D eigenvalue weighted by Crippen LogP contribution is -2.15. The first-order valence-corrected chi connectivity index (χ1v) is 10.9. The Labute approximate surface area is 166 Å². The molecule has 2 atom stereocenters. The van der Waals surface area contributed by atoms with Crippen molar-refractivity contribution in [2.24, 2.45) is 5.92 Å². The third-order valence-corrected chi connectivity index (χ3v) is 7.30. The van der Waals surface area contributed by atoms with Gasteiger partial charge in [-0.25, -0.2) is 4.98 Å². The molecule has 0 aliphatic heterocycles. The molecule has 0 bridgehead atoms. The number of aromatic nitrogens is 5. The highest BCUT2D eigenvalue weighted by Crippen LogP contribution is 2.37. The average Bonchev–Trinajstić information content (AvgIpc) is 3.16. The minimum atomic E-state index is -0.0349. The van der Waals surface area contributed by atoms with Gasteiger partial charge in [0.1, 0.15) is 16.5 Å². The summed E-state index contributed by atoms with van der Waals surface area (Å²) in [5.41, 5.74) is 1.20. The van der Waals surface area contributed by atoms with Crippen LogP contribution in [0.25, 0.3) is 10.2 Å². The zero-order chi connectivity index (χ0) is 19.1. The molecule has 0 amide bonds. The zero-order valence-corrected chi connectivity index (χ0v) is 17.4. The fourth-order valence-electron chi connectivity index (χ4n) is 3.56. The van der Waals surface area contributed by atoms with Crippen molar-refractivity contribution >= 4 is 33.3 Å². The maximum atomic E-state index is 12.8. The van der Waals surface area contributed by atoms with E-state index in [2.05, 4.69) is 28.7 Å². The lowest BCUT2D eigenvalue weighted by atomic mass is 9.89. The van der Waals surface area contributed by atoms with Crippen LogP contribution < -0.4 is 5.56 Å². The molecule has 0 fully saturated rings. The highest BCUT2D eigenvalue weighted by Gasteiger charge is 2.24. The molecule has 0 saturated carbocycles. The third kappa shape index (κ3) is 3.36. The van der Waals surface area contributed by atoms with Gasteiger partial charge in [0, 0.05) is 11.4 Å². The van der Waals surface area contributed by atoms with Crippen LogP contribution in [0.5, 0.6) is 0 Å². The summed E-state index contributed by atoms with van der Waals surface area (Å²) in [7, 11) is 0. The van der Waals surface area contributed by atoms with Gasteiger partial charge >= 0.3 is 0 Å². The Bertz CT molecular complexity index is 1060. The number of H-pyrrole nitrogens is 1. The van der Waals surface area contributed by atoms with Gasteiger partial charge in [-0.2, -0.15) is 0 Å². The van der Waals surface area contributed by atoms with Crippen LogP contribution >= 0.6 is 23.1 Å². The highest BCUT2D eigenvalue weighted by molar-refractivity contribution is 7.99. The van der Waals surface area contributed by atoms with Crippen molar-refractivity contribution in [1.29, 1.82) is 0 Å². The Balaban J connectivity index is 1.68. The first kappa shape index (κ1) is 18.4. The van der Waals surface area contributed by atoms with Crippen LogP contribution in [0.3, 0.4) is 0 Å². The molecule has 0 saturated heterocycles. The van der Waals surface area contributed by atoms with Crippen molar-refractivity contribution in [3.05, 3.63) is 45.1 Å². The molecule has 3 heterocycles. The van der Waals surface area contributed by atoms with E-state index in [-0.39, 0.29) is 10.8 Å². The summed E-state index contributed by atoms with van der Waals surface area (Å²) in [5, 5.41) is 9.98. The SMILES string of the molecule is C=CCn1c(C)nnc1S[C@@H](C)c1nc2sc3c(c2c(=O)[nH]1)CC[C@H](C)C3. The Kier molecular flexibility index (Phi) is 4.94. The fourth-order valence-corrected chi connectivity index (χ4v) is 5.91. The second-order valence-corrected chi connectivity index (χ2v) is 9.56. The van der Waals surface area contributed by atoms with Crippen LogP contribution in [0.1, 0.15) is 47.6 Å². The summed E-state index contributed by atoms with van der Waals surface area (Å²) in [6.07, 6.45) is 5.01. The molecular formula is C19H23N5OS2. The molecule has 0 radical (unpaired) electrons.